The zero-order valence-corrected chi connectivity index (χ0v) is 14.5. The SMILES string of the molecule is Cc1csc(NC(=O)COC(=O)c2cccc(N3CCCC3=O)c2)n1. The average molecular weight is 359 g/mol. The first-order chi connectivity index (χ1) is 12.0. The number of rotatable bonds is 5. The van der Waals surface area contributed by atoms with Crippen molar-refractivity contribution in [1.82, 2.24) is 4.98 Å². The third-order valence-corrected chi connectivity index (χ3v) is 4.54. The van der Waals surface area contributed by atoms with Gasteiger partial charge >= 0.3 is 5.97 Å². The first kappa shape index (κ1) is 17.1. The molecular weight excluding hydrogens is 342 g/mol. The zero-order chi connectivity index (χ0) is 17.8. The summed E-state index contributed by atoms with van der Waals surface area (Å²) >= 11 is 1.30. The summed E-state index contributed by atoms with van der Waals surface area (Å²) < 4.78 is 5.04. The maximum Gasteiger partial charge on any atom is 0.338 e. The molecule has 1 aromatic heterocycles. The van der Waals surface area contributed by atoms with Crippen molar-refractivity contribution >= 4 is 39.9 Å². The highest BCUT2D eigenvalue weighted by molar-refractivity contribution is 7.13. The Balaban J connectivity index is 1.57. The number of thiazole rings is 1. The number of hydrogen-bond acceptors (Lipinski definition) is 6. The van der Waals surface area contributed by atoms with Crippen LogP contribution in [0.1, 0.15) is 28.9 Å². The molecule has 130 valence electrons. The normalized spacial score (nSPS) is 13.8. The van der Waals surface area contributed by atoms with Crippen molar-refractivity contribution in [3.05, 3.63) is 40.9 Å². The Labute approximate surface area is 148 Å². The number of carbonyl (C=O) groups is 3. The van der Waals surface area contributed by atoms with Gasteiger partial charge in [0.25, 0.3) is 5.91 Å². The van der Waals surface area contributed by atoms with Gasteiger partial charge in [-0.25, -0.2) is 9.78 Å². The lowest BCUT2D eigenvalue weighted by atomic mass is 10.2. The van der Waals surface area contributed by atoms with Crippen LogP contribution in [0.4, 0.5) is 10.8 Å². The summed E-state index contributed by atoms with van der Waals surface area (Å²) in [7, 11) is 0. The van der Waals surface area contributed by atoms with E-state index in [-0.39, 0.29) is 5.91 Å². The van der Waals surface area contributed by atoms with Gasteiger partial charge < -0.3 is 9.64 Å². The van der Waals surface area contributed by atoms with Crippen LogP contribution in [0.3, 0.4) is 0 Å². The number of hydrogen-bond donors (Lipinski definition) is 1. The van der Waals surface area contributed by atoms with Gasteiger partial charge in [0.1, 0.15) is 0 Å². The van der Waals surface area contributed by atoms with Gasteiger partial charge in [-0.05, 0) is 31.5 Å². The smallest absolute Gasteiger partial charge is 0.338 e. The summed E-state index contributed by atoms with van der Waals surface area (Å²) in [5.74, 6) is -1.02. The van der Waals surface area contributed by atoms with Gasteiger partial charge in [0.15, 0.2) is 11.7 Å². The number of nitrogens with zero attached hydrogens (tertiary/aromatic N) is 2. The van der Waals surface area contributed by atoms with E-state index in [0.717, 1.165) is 12.1 Å². The third kappa shape index (κ3) is 4.21. The number of ether oxygens (including phenoxy) is 1. The van der Waals surface area contributed by atoms with Crippen molar-refractivity contribution in [2.75, 3.05) is 23.4 Å². The van der Waals surface area contributed by atoms with Crippen LogP contribution in [0, 0.1) is 6.92 Å². The second kappa shape index (κ2) is 7.43. The van der Waals surface area contributed by atoms with E-state index in [0.29, 0.717) is 29.3 Å². The van der Waals surface area contributed by atoms with Crippen molar-refractivity contribution in [2.45, 2.75) is 19.8 Å². The standard InChI is InChI=1S/C17H17N3O4S/c1-11-10-25-17(18-11)19-14(21)9-24-16(23)12-4-2-5-13(8-12)20-7-3-6-15(20)22/h2,4-5,8,10H,3,6-7,9H2,1H3,(H,18,19,21). The molecule has 8 heteroatoms. The molecule has 2 heterocycles. The van der Waals surface area contributed by atoms with Gasteiger partial charge in [-0.3, -0.25) is 14.9 Å². The summed E-state index contributed by atoms with van der Waals surface area (Å²) in [6.07, 6.45) is 1.33. The molecule has 0 spiro atoms. The minimum absolute atomic E-state index is 0.0450. The van der Waals surface area contributed by atoms with Crippen LogP contribution < -0.4 is 10.2 Å². The molecule has 25 heavy (non-hydrogen) atoms. The molecule has 3 rings (SSSR count). The van der Waals surface area contributed by atoms with Crippen molar-refractivity contribution < 1.29 is 19.1 Å². The van der Waals surface area contributed by atoms with Gasteiger partial charge in [0.05, 0.1) is 11.3 Å². The topological polar surface area (TPSA) is 88.6 Å². The predicted molar refractivity (Wildman–Crippen MR) is 93.8 cm³/mol. The maximum atomic E-state index is 12.1. The van der Waals surface area contributed by atoms with E-state index in [1.165, 1.54) is 11.3 Å². The minimum Gasteiger partial charge on any atom is -0.452 e. The molecule has 2 amide bonds. The lowest BCUT2D eigenvalue weighted by Gasteiger charge is -2.16. The molecule has 7 nitrogen and oxygen atoms in total. The van der Waals surface area contributed by atoms with Crippen LogP contribution in [0.5, 0.6) is 0 Å². The Morgan fingerprint density at radius 3 is 2.92 bits per heavy atom. The number of nitrogens with one attached hydrogen (secondary N) is 1. The summed E-state index contributed by atoms with van der Waals surface area (Å²) in [6.45, 7) is 2.07. The monoisotopic (exact) mass is 359 g/mol. The van der Waals surface area contributed by atoms with Crippen LogP contribution in [0.15, 0.2) is 29.6 Å². The summed E-state index contributed by atoms with van der Waals surface area (Å²) in [6, 6.07) is 6.66. The van der Waals surface area contributed by atoms with Crippen LogP contribution in [0.2, 0.25) is 0 Å². The van der Waals surface area contributed by atoms with Gasteiger partial charge in [-0.1, -0.05) is 6.07 Å². The number of carbonyl (C=O) groups excluding carboxylic acids is 3. The van der Waals surface area contributed by atoms with Crippen LogP contribution in [-0.4, -0.2) is 35.9 Å². The summed E-state index contributed by atoms with van der Waals surface area (Å²) in [5.41, 5.74) is 1.78. The number of anilines is 2. The fraction of sp³-hybridized carbons (Fsp3) is 0.294. The van der Waals surface area contributed by atoms with E-state index in [4.69, 9.17) is 4.74 Å². The van der Waals surface area contributed by atoms with Crippen molar-refractivity contribution in [3.8, 4) is 0 Å². The fourth-order valence-electron chi connectivity index (χ4n) is 2.50. The van der Waals surface area contributed by atoms with Crippen molar-refractivity contribution in [2.24, 2.45) is 0 Å². The number of amides is 2. The molecule has 1 saturated heterocycles. The lowest BCUT2D eigenvalue weighted by molar-refractivity contribution is -0.119. The molecule has 0 radical (unpaired) electrons. The number of aryl methyl sites for hydroxylation is 1. The summed E-state index contributed by atoms with van der Waals surface area (Å²) in [4.78, 5) is 41.5. The number of benzene rings is 1. The molecule has 0 atom stereocenters. The van der Waals surface area contributed by atoms with E-state index < -0.39 is 18.5 Å². The van der Waals surface area contributed by atoms with Crippen molar-refractivity contribution in [3.63, 3.8) is 0 Å². The highest BCUT2D eigenvalue weighted by Gasteiger charge is 2.22. The largest absolute Gasteiger partial charge is 0.452 e. The van der Waals surface area contributed by atoms with Crippen LogP contribution >= 0.6 is 11.3 Å². The average Bonchev–Trinajstić information content (AvgIpc) is 3.21. The highest BCUT2D eigenvalue weighted by Crippen LogP contribution is 2.22. The third-order valence-electron chi connectivity index (χ3n) is 3.67. The maximum absolute atomic E-state index is 12.1. The lowest BCUT2D eigenvalue weighted by Crippen LogP contribution is -2.24. The first-order valence-corrected chi connectivity index (χ1v) is 8.70. The van der Waals surface area contributed by atoms with Crippen LogP contribution in [0.25, 0.3) is 0 Å². The zero-order valence-electron chi connectivity index (χ0n) is 13.7. The Kier molecular flexibility index (Phi) is 5.08. The molecule has 0 saturated carbocycles. The molecule has 1 aromatic carbocycles. The Hall–Kier alpha value is -2.74. The van der Waals surface area contributed by atoms with E-state index in [1.807, 2.05) is 12.3 Å². The molecule has 1 aliphatic rings. The van der Waals surface area contributed by atoms with Crippen LogP contribution in [-0.2, 0) is 14.3 Å². The molecule has 2 aromatic rings. The molecule has 0 bridgehead atoms. The molecule has 1 N–H and O–H groups in total. The Morgan fingerprint density at radius 1 is 1.40 bits per heavy atom. The van der Waals surface area contributed by atoms with E-state index in [9.17, 15) is 14.4 Å². The van der Waals surface area contributed by atoms with Crippen molar-refractivity contribution in [1.29, 1.82) is 0 Å². The molecule has 1 fully saturated rings. The molecule has 1 aliphatic heterocycles. The number of esters is 1. The van der Waals surface area contributed by atoms with Gasteiger partial charge in [0, 0.05) is 24.0 Å². The number of aromatic nitrogens is 1. The van der Waals surface area contributed by atoms with Gasteiger partial charge in [0.2, 0.25) is 5.91 Å². The predicted octanol–water partition coefficient (Wildman–Crippen LogP) is 2.37. The van der Waals surface area contributed by atoms with E-state index in [2.05, 4.69) is 10.3 Å². The quantitative estimate of drug-likeness (QED) is 0.828. The second-order valence-electron chi connectivity index (χ2n) is 5.62. The Morgan fingerprint density at radius 2 is 2.24 bits per heavy atom. The van der Waals surface area contributed by atoms with E-state index in [1.54, 1.807) is 29.2 Å². The van der Waals surface area contributed by atoms with Gasteiger partial charge in [-0.2, -0.15) is 0 Å². The fourth-order valence-corrected chi connectivity index (χ4v) is 3.21. The Bertz CT molecular complexity index is 818. The minimum atomic E-state index is -0.612. The molecule has 0 unspecified atom stereocenters. The van der Waals surface area contributed by atoms with Gasteiger partial charge in [-0.15, -0.1) is 11.3 Å². The summed E-state index contributed by atoms with van der Waals surface area (Å²) in [5, 5.41) is 4.85. The molecule has 0 aliphatic carbocycles. The van der Waals surface area contributed by atoms with E-state index >= 15 is 0 Å². The second-order valence-corrected chi connectivity index (χ2v) is 6.48. The molecular formula is C17H17N3O4S. The first-order valence-electron chi connectivity index (χ1n) is 7.82. The highest BCUT2D eigenvalue weighted by atomic mass is 32.1.